The number of nitrogens with one attached hydrogen (secondary N) is 1. The van der Waals surface area contributed by atoms with Crippen LogP contribution in [0.5, 0.6) is 0 Å². The zero-order chi connectivity index (χ0) is 12.4. The summed E-state index contributed by atoms with van der Waals surface area (Å²) in [5.41, 5.74) is 1.24. The van der Waals surface area contributed by atoms with Gasteiger partial charge in [-0.25, -0.2) is 4.98 Å². The maximum Gasteiger partial charge on any atom is 0.202 e. The van der Waals surface area contributed by atoms with Gasteiger partial charge in [0.05, 0.1) is 0 Å². The van der Waals surface area contributed by atoms with Gasteiger partial charge in [-0.05, 0) is 37.0 Å². The van der Waals surface area contributed by atoms with Crippen molar-refractivity contribution in [3.05, 3.63) is 40.7 Å². The summed E-state index contributed by atoms with van der Waals surface area (Å²) in [6.45, 7) is 0.861. The maximum absolute atomic E-state index is 5.95. The molecule has 2 aromatic rings. The van der Waals surface area contributed by atoms with E-state index in [-0.39, 0.29) is 0 Å². The van der Waals surface area contributed by atoms with Gasteiger partial charge in [0.25, 0.3) is 0 Å². The monoisotopic (exact) mass is 279 g/mol. The van der Waals surface area contributed by atoms with Crippen molar-refractivity contribution in [2.75, 3.05) is 11.9 Å². The molecule has 1 aromatic carbocycles. The molecule has 3 nitrogen and oxygen atoms in total. The van der Waals surface area contributed by atoms with Crippen LogP contribution in [-0.2, 0) is 6.42 Å². The van der Waals surface area contributed by atoms with Gasteiger partial charge in [0.1, 0.15) is 5.82 Å². The lowest BCUT2D eigenvalue weighted by atomic mass is 10.1. The Hall–Kier alpha value is -1.13. The number of hydrogen-bond acceptors (Lipinski definition) is 4. The Balaban J connectivity index is 1.51. The van der Waals surface area contributed by atoms with Gasteiger partial charge in [-0.15, -0.1) is 0 Å². The van der Waals surface area contributed by atoms with Gasteiger partial charge < -0.3 is 5.32 Å². The highest BCUT2D eigenvalue weighted by Crippen LogP contribution is 2.39. The first-order valence-electron chi connectivity index (χ1n) is 6.13. The van der Waals surface area contributed by atoms with Crippen molar-refractivity contribution >= 4 is 28.3 Å². The van der Waals surface area contributed by atoms with Crippen molar-refractivity contribution in [2.24, 2.45) is 0 Å². The topological polar surface area (TPSA) is 37.8 Å². The lowest BCUT2D eigenvalue weighted by molar-refractivity contribution is 0.969. The molecule has 0 atom stereocenters. The van der Waals surface area contributed by atoms with E-state index in [0.717, 1.165) is 28.9 Å². The molecule has 1 N–H and O–H groups in total. The molecule has 1 heterocycles. The minimum Gasteiger partial charge on any atom is -0.360 e. The van der Waals surface area contributed by atoms with Gasteiger partial charge in [-0.3, -0.25) is 0 Å². The molecule has 1 saturated carbocycles. The number of hydrogen-bond donors (Lipinski definition) is 1. The van der Waals surface area contributed by atoms with E-state index in [0.29, 0.717) is 5.92 Å². The SMILES string of the molecule is Clc1cccc(CCNc2nc(C3CC3)ns2)c1. The third-order valence-electron chi connectivity index (χ3n) is 2.96. The van der Waals surface area contributed by atoms with E-state index in [1.165, 1.54) is 29.9 Å². The van der Waals surface area contributed by atoms with E-state index in [4.69, 9.17) is 11.6 Å². The minimum absolute atomic E-state index is 0.629. The van der Waals surface area contributed by atoms with Crippen LogP contribution in [0.2, 0.25) is 5.02 Å². The van der Waals surface area contributed by atoms with Crippen molar-refractivity contribution in [3.63, 3.8) is 0 Å². The summed E-state index contributed by atoms with van der Waals surface area (Å²) in [4.78, 5) is 4.49. The smallest absolute Gasteiger partial charge is 0.202 e. The Bertz CT molecular complexity index is 537. The van der Waals surface area contributed by atoms with Crippen LogP contribution in [0, 0.1) is 0 Å². The molecule has 1 fully saturated rings. The van der Waals surface area contributed by atoms with Crippen LogP contribution in [0.1, 0.15) is 30.1 Å². The molecule has 1 aliphatic rings. The van der Waals surface area contributed by atoms with E-state index in [1.54, 1.807) is 0 Å². The van der Waals surface area contributed by atoms with Gasteiger partial charge in [0.15, 0.2) is 0 Å². The molecule has 0 spiro atoms. The number of benzene rings is 1. The highest BCUT2D eigenvalue weighted by Gasteiger charge is 2.27. The van der Waals surface area contributed by atoms with Crippen molar-refractivity contribution in [2.45, 2.75) is 25.2 Å². The van der Waals surface area contributed by atoms with Crippen LogP contribution >= 0.6 is 23.1 Å². The van der Waals surface area contributed by atoms with Gasteiger partial charge in [0, 0.05) is 29.0 Å². The van der Waals surface area contributed by atoms with E-state index in [9.17, 15) is 0 Å². The lowest BCUT2D eigenvalue weighted by Gasteiger charge is -2.02. The first-order chi connectivity index (χ1) is 8.81. The lowest BCUT2D eigenvalue weighted by Crippen LogP contribution is -2.04. The first kappa shape index (κ1) is 11.9. The van der Waals surface area contributed by atoms with E-state index in [2.05, 4.69) is 20.7 Å². The van der Waals surface area contributed by atoms with Crippen molar-refractivity contribution in [3.8, 4) is 0 Å². The van der Waals surface area contributed by atoms with Crippen LogP contribution in [0.4, 0.5) is 5.13 Å². The maximum atomic E-state index is 5.95. The number of nitrogens with zero attached hydrogens (tertiary/aromatic N) is 2. The third-order valence-corrected chi connectivity index (χ3v) is 3.89. The average Bonchev–Trinajstić information content (AvgIpc) is 3.10. The van der Waals surface area contributed by atoms with Crippen molar-refractivity contribution in [1.82, 2.24) is 9.36 Å². The van der Waals surface area contributed by atoms with Gasteiger partial charge in [-0.1, -0.05) is 23.7 Å². The summed E-state index contributed by atoms with van der Waals surface area (Å²) in [7, 11) is 0. The zero-order valence-corrected chi connectivity index (χ0v) is 11.5. The van der Waals surface area contributed by atoms with Gasteiger partial charge >= 0.3 is 0 Å². The molecule has 18 heavy (non-hydrogen) atoms. The predicted molar refractivity (Wildman–Crippen MR) is 75.5 cm³/mol. The fourth-order valence-electron chi connectivity index (χ4n) is 1.82. The Labute approximate surface area is 115 Å². The van der Waals surface area contributed by atoms with Crippen LogP contribution in [0.3, 0.4) is 0 Å². The molecule has 0 bridgehead atoms. The molecule has 1 aromatic heterocycles. The van der Waals surface area contributed by atoms with Crippen molar-refractivity contribution in [1.29, 1.82) is 0 Å². The second-order valence-electron chi connectivity index (χ2n) is 4.54. The molecule has 0 amide bonds. The predicted octanol–water partition coefficient (Wildman–Crippen LogP) is 3.72. The Morgan fingerprint density at radius 2 is 2.28 bits per heavy atom. The first-order valence-corrected chi connectivity index (χ1v) is 7.28. The molecule has 0 saturated heterocycles. The standard InChI is InChI=1S/C13H14ClN3S/c14-11-3-1-2-9(8-11)6-7-15-13-16-12(17-18-13)10-4-5-10/h1-3,8,10H,4-7H2,(H,15,16,17). The summed E-state index contributed by atoms with van der Waals surface area (Å²) in [5, 5.41) is 5.04. The normalized spacial score (nSPS) is 14.7. The fourth-order valence-corrected chi connectivity index (χ4v) is 2.70. The molecule has 5 heteroatoms. The second kappa shape index (κ2) is 5.24. The largest absolute Gasteiger partial charge is 0.360 e. The van der Waals surface area contributed by atoms with E-state index < -0.39 is 0 Å². The number of aromatic nitrogens is 2. The van der Waals surface area contributed by atoms with Crippen LogP contribution in [0.15, 0.2) is 24.3 Å². The summed E-state index contributed by atoms with van der Waals surface area (Å²) in [6, 6.07) is 7.96. The fraction of sp³-hybridized carbons (Fsp3) is 0.385. The molecule has 94 valence electrons. The van der Waals surface area contributed by atoms with Crippen LogP contribution < -0.4 is 5.32 Å². The highest BCUT2D eigenvalue weighted by atomic mass is 35.5. The minimum atomic E-state index is 0.629. The Morgan fingerprint density at radius 1 is 1.39 bits per heavy atom. The zero-order valence-electron chi connectivity index (χ0n) is 9.90. The highest BCUT2D eigenvalue weighted by molar-refractivity contribution is 7.09. The summed E-state index contributed by atoms with van der Waals surface area (Å²) in [6.07, 6.45) is 3.44. The average molecular weight is 280 g/mol. The second-order valence-corrected chi connectivity index (χ2v) is 5.73. The molecule has 3 rings (SSSR count). The van der Waals surface area contributed by atoms with E-state index in [1.807, 2.05) is 18.2 Å². The molecule has 0 aliphatic heterocycles. The number of rotatable bonds is 5. The van der Waals surface area contributed by atoms with Crippen LogP contribution in [-0.4, -0.2) is 15.9 Å². The third kappa shape index (κ3) is 3.00. The molecular weight excluding hydrogens is 266 g/mol. The van der Waals surface area contributed by atoms with Gasteiger partial charge in [-0.2, -0.15) is 4.37 Å². The summed E-state index contributed by atoms with van der Waals surface area (Å²) < 4.78 is 4.36. The quantitative estimate of drug-likeness (QED) is 0.906. The summed E-state index contributed by atoms with van der Waals surface area (Å²) >= 11 is 7.40. The molecule has 0 unspecified atom stereocenters. The summed E-state index contributed by atoms with van der Waals surface area (Å²) in [5.74, 6) is 1.65. The Morgan fingerprint density at radius 3 is 3.06 bits per heavy atom. The molecule has 1 aliphatic carbocycles. The molecular formula is C13H14ClN3S. The van der Waals surface area contributed by atoms with Crippen molar-refractivity contribution < 1.29 is 0 Å². The van der Waals surface area contributed by atoms with Crippen LogP contribution in [0.25, 0.3) is 0 Å². The number of anilines is 1. The van der Waals surface area contributed by atoms with Gasteiger partial charge in [0.2, 0.25) is 5.13 Å². The molecule has 0 radical (unpaired) electrons. The van der Waals surface area contributed by atoms with E-state index >= 15 is 0 Å². The number of halogens is 1. The Kier molecular flexibility index (Phi) is 3.48.